The van der Waals surface area contributed by atoms with E-state index in [9.17, 15) is 4.79 Å². The summed E-state index contributed by atoms with van der Waals surface area (Å²) in [6.07, 6.45) is 6.20. The number of ether oxygens (including phenoxy) is 1. The topological polar surface area (TPSA) is 65.2 Å². The summed E-state index contributed by atoms with van der Waals surface area (Å²) >= 11 is 0. The van der Waals surface area contributed by atoms with Crippen molar-refractivity contribution in [2.45, 2.75) is 63.7 Å². The van der Waals surface area contributed by atoms with Gasteiger partial charge in [-0.25, -0.2) is 0 Å². The molecule has 5 nitrogen and oxygen atoms in total. The first-order valence-electron chi connectivity index (χ1n) is 7.99. The van der Waals surface area contributed by atoms with Crippen molar-refractivity contribution >= 4 is 5.97 Å². The molecule has 2 saturated carbocycles. The summed E-state index contributed by atoms with van der Waals surface area (Å²) in [5.41, 5.74) is -0.644. The van der Waals surface area contributed by atoms with Gasteiger partial charge in [-0.1, -0.05) is 19.0 Å². The fourth-order valence-electron chi connectivity index (χ4n) is 3.46. The lowest BCUT2D eigenvalue weighted by molar-refractivity contribution is -0.144. The number of methoxy groups -OCH3 is 1. The molecule has 1 heterocycles. The molecule has 0 spiro atoms. The molecule has 21 heavy (non-hydrogen) atoms. The van der Waals surface area contributed by atoms with Gasteiger partial charge in [-0.15, -0.1) is 0 Å². The number of esters is 1. The van der Waals surface area contributed by atoms with E-state index in [2.05, 4.69) is 24.0 Å². The maximum Gasteiger partial charge on any atom is 0.321 e. The van der Waals surface area contributed by atoms with Gasteiger partial charge >= 0.3 is 5.97 Å². The first-order valence-corrected chi connectivity index (χ1v) is 7.99. The minimum atomic E-state index is -0.644. The van der Waals surface area contributed by atoms with Gasteiger partial charge in [0, 0.05) is 5.92 Å². The third-order valence-corrected chi connectivity index (χ3v) is 5.26. The predicted molar refractivity (Wildman–Crippen MR) is 76.8 cm³/mol. The van der Waals surface area contributed by atoms with Crippen LogP contribution in [0.1, 0.15) is 70.0 Å². The molecule has 3 rings (SSSR count). The number of carbonyl (C=O) groups is 1. The molecule has 5 heteroatoms. The Morgan fingerprint density at radius 2 is 1.95 bits per heavy atom. The average molecular weight is 292 g/mol. The van der Waals surface area contributed by atoms with Crippen LogP contribution in [-0.4, -0.2) is 23.2 Å². The molecule has 0 unspecified atom stereocenters. The highest BCUT2D eigenvalue weighted by Gasteiger charge is 2.57. The van der Waals surface area contributed by atoms with Gasteiger partial charge in [0.2, 0.25) is 5.89 Å². The van der Waals surface area contributed by atoms with Crippen LogP contribution in [0.3, 0.4) is 0 Å². The Hall–Kier alpha value is -1.39. The van der Waals surface area contributed by atoms with Crippen molar-refractivity contribution in [1.82, 2.24) is 10.1 Å². The maximum atomic E-state index is 11.8. The van der Waals surface area contributed by atoms with Crippen molar-refractivity contribution in [1.29, 1.82) is 0 Å². The number of nitrogens with zero attached hydrogens (tertiary/aromatic N) is 2. The van der Waals surface area contributed by atoms with Crippen LogP contribution in [-0.2, 0) is 14.9 Å². The highest BCUT2D eigenvalue weighted by atomic mass is 16.5. The molecule has 0 radical (unpaired) electrons. The summed E-state index contributed by atoms with van der Waals surface area (Å²) in [7, 11) is 1.41. The van der Waals surface area contributed by atoms with Crippen molar-refractivity contribution in [2.24, 2.45) is 11.8 Å². The molecule has 0 aromatic carbocycles. The Labute approximate surface area is 125 Å². The second kappa shape index (κ2) is 5.43. The van der Waals surface area contributed by atoms with Gasteiger partial charge in [-0.3, -0.25) is 4.79 Å². The number of aromatic nitrogens is 2. The molecule has 1 aromatic rings. The van der Waals surface area contributed by atoms with Crippen LogP contribution >= 0.6 is 0 Å². The largest absolute Gasteiger partial charge is 0.468 e. The molecular weight excluding hydrogens is 268 g/mol. The van der Waals surface area contributed by atoms with Gasteiger partial charge in [0.05, 0.1) is 7.11 Å². The summed E-state index contributed by atoms with van der Waals surface area (Å²) in [5.74, 6) is 2.93. The number of carbonyl (C=O) groups excluding carboxylic acids is 1. The van der Waals surface area contributed by atoms with E-state index in [1.165, 1.54) is 20.0 Å². The quantitative estimate of drug-likeness (QED) is 0.797. The van der Waals surface area contributed by atoms with Crippen LogP contribution in [0.25, 0.3) is 0 Å². The second-order valence-electron chi connectivity index (χ2n) is 6.89. The van der Waals surface area contributed by atoms with Crippen LogP contribution in [0.4, 0.5) is 0 Å². The van der Waals surface area contributed by atoms with E-state index in [4.69, 9.17) is 9.26 Å². The van der Waals surface area contributed by atoms with Crippen LogP contribution < -0.4 is 0 Å². The highest BCUT2D eigenvalue weighted by Crippen LogP contribution is 2.49. The van der Waals surface area contributed by atoms with E-state index >= 15 is 0 Å². The zero-order valence-corrected chi connectivity index (χ0v) is 13.1. The van der Waals surface area contributed by atoms with Crippen molar-refractivity contribution in [2.75, 3.05) is 7.11 Å². The Bertz CT molecular complexity index is 511. The van der Waals surface area contributed by atoms with E-state index < -0.39 is 5.41 Å². The molecule has 116 valence electrons. The fourth-order valence-corrected chi connectivity index (χ4v) is 3.46. The Morgan fingerprint density at radius 3 is 2.48 bits per heavy atom. The van der Waals surface area contributed by atoms with Crippen LogP contribution in [0.5, 0.6) is 0 Å². The summed E-state index contributed by atoms with van der Waals surface area (Å²) in [6.45, 7) is 4.59. The normalized spacial score (nSPS) is 27.6. The zero-order chi connectivity index (χ0) is 15.0. The smallest absolute Gasteiger partial charge is 0.321 e. The average Bonchev–Trinajstić information content (AvgIpc) is 3.17. The van der Waals surface area contributed by atoms with Gasteiger partial charge < -0.3 is 9.26 Å². The van der Waals surface area contributed by atoms with E-state index in [0.717, 1.165) is 43.3 Å². The molecular formula is C16H24N2O3. The monoisotopic (exact) mass is 292 g/mol. The lowest BCUT2D eigenvalue weighted by Gasteiger charge is -2.29. The fraction of sp³-hybridized carbons (Fsp3) is 0.812. The van der Waals surface area contributed by atoms with Gasteiger partial charge in [-0.05, 0) is 50.4 Å². The lowest BCUT2D eigenvalue weighted by atomic mass is 9.77. The third-order valence-electron chi connectivity index (χ3n) is 5.26. The highest BCUT2D eigenvalue weighted by molar-refractivity contribution is 5.85. The minimum Gasteiger partial charge on any atom is -0.468 e. The molecule has 0 bridgehead atoms. The van der Waals surface area contributed by atoms with Crippen molar-refractivity contribution < 1.29 is 14.1 Å². The van der Waals surface area contributed by atoms with E-state index in [1.54, 1.807) is 0 Å². The minimum absolute atomic E-state index is 0.249. The Balaban J connectivity index is 1.68. The molecule has 2 fully saturated rings. The summed E-state index contributed by atoms with van der Waals surface area (Å²) in [6, 6.07) is 0. The molecule has 0 saturated heterocycles. The Kier molecular flexibility index (Phi) is 3.76. The maximum absolute atomic E-state index is 11.8. The van der Waals surface area contributed by atoms with Gasteiger partial charge in [-0.2, -0.15) is 4.98 Å². The molecule has 0 amide bonds. The van der Waals surface area contributed by atoms with Crippen molar-refractivity contribution in [3.63, 3.8) is 0 Å². The third kappa shape index (κ3) is 2.58. The molecule has 0 aliphatic heterocycles. The predicted octanol–water partition coefficient (Wildman–Crippen LogP) is 3.20. The molecule has 0 atom stereocenters. The lowest BCUT2D eigenvalue weighted by Crippen LogP contribution is -2.22. The standard InChI is InChI=1S/C16H24N2O3/c1-10(2)11-4-6-12(7-5-11)13-17-14(21-18-13)16(8-9-16)15(19)20-3/h10-12H,4-9H2,1-3H3. The summed E-state index contributed by atoms with van der Waals surface area (Å²) < 4.78 is 10.2. The summed E-state index contributed by atoms with van der Waals surface area (Å²) in [5, 5.41) is 4.14. The van der Waals surface area contributed by atoms with Gasteiger partial charge in [0.1, 0.15) is 5.41 Å². The van der Waals surface area contributed by atoms with Crippen LogP contribution in [0.15, 0.2) is 4.52 Å². The number of hydrogen-bond acceptors (Lipinski definition) is 5. The first kappa shape index (κ1) is 14.5. The van der Waals surface area contributed by atoms with E-state index in [-0.39, 0.29) is 5.97 Å². The molecule has 0 N–H and O–H groups in total. The second-order valence-corrected chi connectivity index (χ2v) is 6.89. The summed E-state index contributed by atoms with van der Waals surface area (Å²) in [4.78, 5) is 16.4. The van der Waals surface area contributed by atoms with Crippen molar-refractivity contribution in [3.8, 4) is 0 Å². The van der Waals surface area contributed by atoms with Crippen LogP contribution in [0.2, 0.25) is 0 Å². The SMILES string of the molecule is COC(=O)C1(c2nc(C3CCC(C(C)C)CC3)no2)CC1. The Morgan fingerprint density at radius 1 is 1.29 bits per heavy atom. The van der Waals surface area contributed by atoms with Gasteiger partial charge in [0.25, 0.3) is 0 Å². The zero-order valence-electron chi connectivity index (χ0n) is 13.1. The molecule has 2 aliphatic rings. The molecule has 2 aliphatic carbocycles. The number of rotatable bonds is 4. The van der Waals surface area contributed by atoms with Gasteiger partial charge in [0.15, 0.2) is 5.82 Å². The van der Waals surface area contributed by atoms with E-state index in [0.29, 0.717) is 11.8 Å². The number of hydrogen-bond donors (Lipinski definition) is 0. The van der Waals surface area contributed by atoms with E-state index in [1.807, 2.05) is 0 Å². The van der Waals surface area contributed by atoms with Crippen molar-refractivity contribution in [3.05, 3.63) is 11.7 Å². The first-order chi connectivity index (χ1) is 10.1. The van der Waals surface area contributed by atoms with Crippen LogP contribution in [0, 0.1) is 11.8 Å². The molecule has 1 aromatic heterocycles.